The van der Waals surface area contributed by atoms with Crippen molar-refractivity contribution in [3.05, 3.63) is 0 Å². The fourth-order valence-electron chi connectivity index (χ4n) is 0.649. The Hall–Kier alpha value is 0.960. The molecule has 0 bridgehead atoms. The smallest absolute Gasteiger partial charge is 0.548 e. The zero-order valence-electron chi connectivity index (χ0n) is 7.58. The van der Waals surface area contributed by atoms with Crippen molar-refractivity contribution >= 4 is 55.5 Å². The van der Waals surface area contributed by atoms with Crippen LogP contribution in [0, 0.1) is 0 Å². The van der Waals surface area contributed by atoms with Crippen LogP contribution < -0.4 is 10.4 Å². The van der Waals surface area contributed by atoms with Gasteiger partial charge in [-0.15, -0.1) is 0 Å². The second-order valence-corrected chi connectivity index (χ2v) is 3.00. The van der Waals surface area contributed by atoms with Gasteiger partial charge in [-0.25, -0.2) is 0 Å². The number of rotatable bonds is 6. The molecule has 0 saturated heterocycles. The van der Waals surface area contributed by atoms with Crippen LogP contribution in [-0.4, -0.2) is 79.1 Å². The summed E-state index contributed by atoms with van der Waals surface area (Å²) in [6.45, 7) is -0.326. The first kappa shape index (κ1) is 19.5. The zero-order valence-corrected chi connectivity index (χ0v) is 10.6. The summed E-state index contributed by atoms with van der Waals surface area (Å²) in [5.41, 5.74) is 0. The van der Waals surface area contributed by atoms with E-state index in [0.29, 0.717) is 6.42 Å². The Morgan fingerprint density at radius 3 is 2.54 bits per heavy atom. The molecule has 13 heavy (non-hydrogen) atoms. The Balaban J connectivity index is -0.000000500. The number of carboxylic acid groups (broad SMARTS) is 1. The number of aliphatic hydroxyl groups is 1. The van der Waals surface area contributed by atoms with Gasteiger partial charge in [-0.3, -0.25) is 5.32 Å². The molecule has 0 unspecified atom stereocenters. The van der Waals surface area contributed by atoms with Gasteiger partial charge in [-0.05, 0) is 18.4 Å². The second-order valence-electron chi connectivity index (χ2n) is 2.02. The van der Waals surface area contributed by atoms with E-state index in [1.807, 2.05) is 6.26 Å². The number of aliphatic carboxylic acids is 1. The minimum atomic E-state index is -1.16. The average molecular weight is 236 g/mol. The molecule has 0 spiro atoms. The largest absolute Gasteiger partial charge is 2.00 e. The standard InChI is InChI=1S/C6H13NO3S.Ca.H2O/c1-11-3-2-5(6(9)10)7-4-8;;/h5,7-8H,2-4H2,1H3,(H,9,10);;1H2/q;+2;/p-1/t5-;;/m0../s1. The van der Waals surface area contributed by atoms with Crippen molar-refractivity contribution in [2.75, 3.05) is 18.7 Å². The number of hydrogen-bond acceptors (Lipinski definition) is 5. The molecule has 0 heterocycles. The van der Waals surface area contributed by atoms with E-state index in [1.165, 1.54) is 0 Å². The van der Waals surface area contributed by atoms with Crippen LogP contribution in [0.2, 0.25) is 0 Å². The molecule has 0 aromatic heterocycles. The van der Waals surface area contributed by atoms with Gasteiger partial charge in [0.1, 0.15) is 0 Å². The monoisotopic (exact) mass is 236 g/mol. The van der Waals surface area contributed by atoms with E-state index in [4.69, 9.17) is 5.11 Å². The van der Waals surface area contributed by atoms with Crippen LogP contribution >= 0.6 is 11.8 Å². The number of carbonyl (C=O) groups excluding carboxylic acids is 1. The zero-order chi connectivity index (χ0) is 8.69. The van der Waals surface area contributed by atoms with Crippen LogP contribution in [0.5, 0.6) is 0 Å². The van der Waals surface area contributed by atoms with Crippen LogP contribution in [0.3, 0.4) is 0 Å². The van der Waals surface area contributed by atoms with E-state index >= 15 is 0 Å². The summed E-state index contributed by atoms with van der Waals surface area (Å²) in [4.78, 5) is 10.3. The van der Waals surface area contributed by atoms with Gasteiger partial charge in [0.15, 0.2) is 0 Å². The molecule has 0 radical (unpaired) electrons. The Morgan fingerprint density at radius 1 is 1.69 bits per heavy atom. The van der Waals surface area contributed by atoms with Crippen LogP contribution in [0.25, 0.3) is 0 Å². The number of aliphatic hydroxyl groups excluding tert-OH is 1. The molecule has 0 aliphatic heterocycles. The molecular weight excluding hydrogens is 222 g/mol. The molecule has 0 aromatic rings. The van der Waals surface area contributed by atoms with Crippen molar-refractivity contribution in [2.24, 2.45) is 0 Å². The second kappa shape index (κ2) is 13.0. The predicted octanol–water partition coefficient (Wildman–Crippen LogP) is -2.81. The van der Waals surface area contributed by atoms with Gasteiger partial charge in [0.2, 0.25) is 0 Å². The van der Waals surface area contributed by atoms with Gasteiger partial charge >= 0.3 is 37.7 Å². The Bertz CT molecular complexity index is 127. The fraction of sp³-hybridized carbons (Fsp3) is 0.833. The molecule has 1 atom stereocenters. The summed E-state index contributed by atoms with van der Waals surface area (Å²) in [5.74, 6) is -0.417. The number of nitrogens with one attached hydrogen (secondary N) is 1. The van der Waals surface area contributed by atoms with Crippen molar-refractivity contribution in [3.63, 3.8) is 0 Å². The molecule has 0 saturated carbocycles. The molecule has 0 fully saturated rings. The fourth-order valence-corrected chi connectivity index (χ4v) is 1.12. The first-order valence-corrected chi connectivity index (χ1v) is 4.65. The summed E-state index contributed by atoms with van der Waals surface area (Å²) < 4.78 is 0. The van der Waals surface area contributed by atoms with Gasteiger partial charge in [0.05, 0.1) is 12.7 Å². The molecule has 0 aliphatic rings. The number of carbonyl (C=O) groups is 1. The maximum atomic E-state index is 10.3. The van der Waals surface area contributed by atoms with Crippen LogP contribution in [0.15, 0.2) is 0 Å². The number of hydrogen-bond donors (Lipinski definition) is 2. The molecule has 0 aliphatic carbocycles. The SMILES string of the molecule is CSCC[C@H](NCO)C(=O)[O-].O.[Ca+2]. The summed E-state index contributed by atoms with van der Waals surface area (Å²) in [7, 11) is 0. The molecule has 0 aromatic carbocycles. The summed E-state index contributed by atoms with van der Waals surface area (Å²) in [6.07, 6.45) is 2.37. The van der Waals surface area contributed by atoms with E-state index in [2.05, 4.69) is 5.32 Å². The van der Waals surface area contributed by atoms with E-state index in [0.717, 1.165) is 5.75 Å². The minimum absolute atomic E-state index is 0. The van der Waals surface area contributed by atoms with E-state index < -0.39 is 12.0 Å². The van der Waals surface area contributed by atoms with Crippen molar-refractivity contribution in [1.29, 1.82) is 0 Å². The normalized spacial score (nSPS) is 10.9. The summed E-state index contributed by atoms with van der Waals surface area (Å²) >= 11 is 1.56. The maximum absolute atomic E-state index is 10.3. The molecule has 0 rings (SSSR count). The van der Waals surface area contributed by atoms with Crippen molar-refractivity contribution in [1.82, 2.24) is 5.32 Å². The molecule has 4 N–H and O–H groups in total. The molecule has 5 nitrogen and oxygen atoms in total. The van der Waals surface area contributed by atoms with E-state index in [-0.39, 0.29) is 49.9 Å². The molecule has 0 amide bonds. The van der Waals surface area contributed by atoms with Crippen molar-refractivity contribution < 1.29 is 20.5 Å². The van der Waals surface area contributed by atoms with Crippen LogP contribution in [0.1, 0.15) is 6.42 Å². The third-order valence-corrected chi connectivity index (χ3v) is 1.88. The molecule has 7 heteroatoms. The van der Waals surface area contributed by atoms with Crippen molar-refractivity contribution in [3.8, 4) is 0 Å². The maximum Gasteiger partial charge on any atom is 2.00 e. The number of carboxylic acids is 1. The quantitative estimate of drug-likeness (QED) is 0.383. The molecule has 74 valence electrons. The van der Waals surface area contributed by atoms with Crippen LogP contribution in [0.4, 0.5) is 0 Å². The Kier molecular flexibility index (Phi) is 19.5. The predicted molar refractivity (Wildman–Crippen MR) is 51.4 cm³/mol. The summed E-state index contributed by atoms with van der Waals surface area (Å²) in [6, 6.07) is -0.729. The van der Waals surface area contributed by atoms with Gasteiger partial charge in [0, 0.05) is 6.04 Å². The third-order valence-electron chi connectivity index (χ3n) is 1.23. The topological polar surface area (TPSA) is 104 Å². The first-order chi connectivity index (χ1) is 5.22. The van der Waals surface area contributed by atoms with Crippen molar-refractivity contribution in [2.45, 2.75) is 12.5 Å². The minimum Gasteiger partial charge on any atom is -0.548 e. The summed E-state index contributed by atoms with van der Waals surface area (Å²) in [5, 5.41) is 21.1. The van der Waals surface area contributed by atoms with Gasteiger partial charge in [-0.1, -0.05) is 0 Å². The molecular formula is C6H14CaNO4S+. The first-order valence-electron chi connectivity index (χ1n) is 3.26. The van der Waals surface area contributed by atoms with E-state index in [9.17, 15) is 9.90 Å². The van der Waals surface area contributed by atoms with Gasteiger partial charge in [0.25, 0.3) is 0 Å². The van der Waals surface area contributed by atoms with Gasteiger partial charge < -0.3 is 20.5 Å². The van der Waals surface area contributed by atoms with Crippen LogP contribution in [-0.2, 0) is 4.79 Å². The Labute approximate surface area is 112 Å². The average Bonchev–Trinajstić information content (AvgIpc) is 1.97. The van der Waals surface area contributed by atoms with Gasteiger partial charge in [-0.2, -0.15) is 11.8 Å². The van der Waals surface area contributed by atoms with E-state index in [1.54, 1.807) is 11.8 Å². The third kappa shape index (κ3) is 10.9. The number of thioether (sulfide) groups is 1. The Morgan fingerprint density at radius 2 is 2.23 bits per heavy atom.